The molecule has 0 atom stereocenters. The van der Waals surface area contributed by atoms with Gasteiger partial charge in [-0.1, -0.05) is 29.8 Å². The standard InChI is InChI=1S/C16H23BClNO2/c1-11-7-6-8-14(18)13(11)9-12(10-19)17-20-15(2,3)16(4,5)21-17/h6-9H,10,19H2,1-5H3. The van der Waals surface area contributed by atoms with E-state index in [4.69, 9.17) is 26.6 Å². The van der Waals surface area contributed by atoms with E-state index in [2.05, 4.69) is 0 Å². The molecule has 0 aromatic heterocycles. The lowest BCUT2D eigenvalue weighted by atomic mass is 9.77. The Labute approximate surface area is 132 Å². The number of aryl methyl sites for hydroxylation is 1. The van der Waals surface area contributed by atoms with Crippen LogP contribution in [0.5, 0.6) is 0 Å². The van der Waals surface area contributed by atoms with Crippen LogP contribution in [0.4, 0.5) is 0 Å². The van der Waals surface area contributed by atoms with Crippen molar-refractivity contribution in [2.24, 2.45) is 5.73 Å². The van der Waals surface area contributed by atoms with Gasteiger partial charge in [-0.05, 0) is 57.3 Å². The summed E-state index contributed by atoms with van der Waals surface area (Å²) >= 11 is 6.28. The van der Waals surface area contributed by atoms with E-state index in [1.54, 1.807) is 0 Å². The molecule has 1 aromatic rings. The van der Waals surface area contributed by atoms with Crippen molar-refractivity contribution in [3.63, 3.8) is 0 Å². The SMILES string of the molecule is Cc1cccc(Cl)c1C=C(CN)B1OC(C)(C)C(C)(C)O1. The summed E-state index contributed by atoms with van der Waals surface area (Å²) < 4.78 is 12.1. The minimum absolute atomic E-state index is 0.363. The maximum Gasteiger partial charge on any atom is 0.491 e. The molecule has 1 aliphatic rings. The molecule has 0 aliphatic carbocycles. The monoisotopic (exact) mass is 307 g/mol. The van der Waals surface area contributed by atoms with Crippen molar-refractivity contribution in [1.29, 1.82) is 0 Å². The van der Waals surface area contributed by atoms with Crippen LogP contribution in [0.3, 0.4) is 0 Å². The van der Waals surface area contributed by atoms with Crippen LogP contribution in [0.1, 0.15) is 38.8 Å². The summed E-state index contributed by atoms with van der Waals surface area (Å²) in [4.78, 5) is 0. The normalized spacial score (nSPS) is 20.9. The average molecular weight is 308 g/mol. The maximum absolute atomic E-state index is 6.28. The number of nitrogens with two attached hydrogens (primary N) is 1. The summed E-state index contributed by atoms with van der Waals surface area (Å²) in [5.41, 5.74) is 8.12. The van der Waals surface area contributed by atoms with E-state index in [0.717, 1.165) is 16.6 Å². The molecule has 0 unspecified atom stereocenters. The maximum atomic E-state index is 6.28. The molecule has 2 rings (SSSR count). The molecule has 2 N–H and O–H groups in total. The van der Waals surface area contributed by atoms with Crippen LogP contribution in [-0.4, -0.2) is 24.9 Å². The smallest absolute Gasteiger partial charge is 0.400 e. The summed E-state index contributed by atoms with van der Waals surface area (Å²) in [5, 5.41) is 0.706. The number of hydrogen-bond acceptors (Lipinski definition) is 3. The van der Waals surface area contributed by atoms with Crippen molar-refractivity contribution in [2.75, 3.05) is 6.54 Å². The predicted octanol–water partition coefficient (Wildman–Crippen LogP) is 3.62. The van der Waals surface area contributed by atoms with Gasteiger partial charge in [-0.2, -0.15) is 0 Å². The fourth-order valence-corrected chi connectivity index (χ4v) is 2.51. The topological polar surface area (TPSA) is 44.5 Å². The molecule has 5 heteroatoms. The van der Waals surface area contributed by atoms with Gasteiger partial charge in [0.2, 0.25) is 0 Å². The van der Waals surface area contributed by atoms with Crippen LogP contribution < -0.4 is 5.73 Å². The second-order valence-corrected chi connectivity index (χ2v) is 6.89. The van der Waals surface area contributed by atoms with Gasteiger partial charge in [-0.15, -0.1) is 0 Å². The second-order valence-electron chi connectivity index (χ2n) is 6.48. The highest BCUT2D eigenvalue weighted by Crippen LogP contribution is 2.39. The lowest BCUT2D eigenvalue weighted by Gasteiger charge is -2.32. The van der Waals surface area contributed by atoms with E-state index in [0.29, 0.717) is 11.6 Å². The van der Waals surface area contributed by atoms with Crippen LogP contribution >= 0.6 is 11.6 Å². The number of halogens is 1. The first-order valence-corrected chi connectivity index (χ1v) is 7.57. The highest BCUT2D eigenvalue weighted by Gasteiger charge is 2.52. The van der Waals surface area contributed by atoms with Crippen molar-refractivity contribution in [1.82, 2.24) is 0 Å². The Kier molecular flexibility index (Phi) is 4.55. The first-order chi connectivity index (χ1) is 9.68. The summed E-state index contributed by atoms with van der Waals surface area (Å²) in [6.07, 6.45) is 1.99. The molecule has 0 saturated carbocycles. The highest BCUT2D eigenvalue weighted by atomic mass is 35.5. The minimum atomic E-state index is -0.435. The van der Waals surface area contributed by atoms with Crippen LogP contribution in [0, 0.1) is 6.92 Å². The molecule has 1 saturated heterocycles. The largest absolute Gasteiger partial charge is 0.491 e. The molecule has 114 valence electrons. The van der Waals surface area contributed by atoms with E-state index in [1.807, 2.05) is 58.9 Å². The second kappa shape index (κ2) is 5.77. The zero-order chi connectivity index (χ0) is 15.8. The lowest BCUT2D eigenvalue weighted by molar-refractivity contribution is 0.00578. The van der Waals surface area contributed by atoms with Gasteiger partial charge >= 0.3 is 7.12 Å². The molecule has 0 amide bonds. The highest BCUT2D eigenvalue weighted by molar-refractivity contribution is 6.56. The zero-order valence-electron chi connectivity index (χ0n) is 13.4. The molecule has 1 fully saturated rings. The third kappa shape index (κ3) is 3.19. The molecular formula is C16H23BClNO2. The number of hydrogen-bond donors (Lipinski definition) is 1. The van der Waals surface area contributed by atoms with E-state index in [-0.39, 0.29) is 11.2 Å². The molecule has 0 bridgehead atoms. The van der Waals surface area contributed by atoms with Gasteiger partial charge < -0.3 is 15.0 Å². The van der Waals surface area contributed by atoms with Gasteiger partial charge in [-0.25, -0.2) is 0 Å². The molecule has 21 heavy (non-hydrogen) atoms. The van der Waals surface area contributed by atoms with Crippen molar-refractivity contribution in [3.05, 3.63) is 39.8 Å². The van der Waals surface area contributed by atoms with E-state index >= 15 is 0 Å². The fourth-order valence-electron chi connectivity index (χ4n) is 2.23. The molecule has 1 heterocycles. The summed E-state index contributed by atoms with van der Waals surface area (Å²) in [6, 6.07) is 5.83. The molecule has 3 nitrogen and oxygen atoms in total. The molecule has 0 spiro atoms. The van der Waals surface area contributed by atoms with Gasteiger partial charge in [0.15, 0.2) is 0 Å². The van der Waals surface area contributed by atoms with Crippen molar-refractivity contribution < 1.29 is 9.31 Å². The quantitative estimate of drug-likeness (QED) is 0.867. The van der Waals surface area contributed by atoms with Crippen LogP contribution in [0.2, 0.25) is 5.02 Å². The summed E-state index contributed by atoms with van der Waals surface area (Å²) in [6.45, 7) is 10.5. The Bertz CT molecular complexity index is 533. The average Bonchev–Trinajstić information content (AvgIpc) is 2.58. The molecular weight excluding hydrogens is 284 g/mol. The number of rotatable bonds is 3. The van der Waals surface area contributed by atoms with Crippen molar-refractivity contribution in [2.45, 2.75) is 45.8 Å². The first-order valence-electron chi connectivity index (χ1n) is 7.19. The fraction of sp³-hybridized carbons (Fsp3) is 0.500. The van der Waals surface area contributed by atoms with Gasteiger partial charge in [0.05, 0.1) is 11.2 Å². The summed E-state index contributed by atoms with van der Waals surface area (Å²) in [5.74, 6) is 0. The Hall–Kier alpha value is -0.805. The zero-order valence-corrected chi connectivity index (χ0v) is 14.1. The van der Waals surface area contributed by atoms with Gasteiger partial charge in [0.1, 0.15) is 0 Å². The van der Waals surface area contributed by atoms with Crippen LogP contribution in [-0.2, 0) is 9.31 Å². The van der Waals surface area contributed by atoms with Crippen LogP contribution in [0.25, 0.3) is 6.08 Å². The van der Waals surface area contributed by atoms with E-state index < -0.39 is 7.12 Å². The van der Waals surface area contributed by atoms with Crippen LogP contribution in [0.15, 0.2) is 23.7 Å². The van der Waals surface area contributed by atoms with Gasteiger partial charge in [0.25, 0.3) is 0 Å². The van der Waals surface area contributed by atoms with E-state index in [9.17, 15) is 0 Å². The Morgan fingerprint density at radius 2 is 1.81 bits per heavy atom. The molecule has 0 radical (unpaired) electrons. The lowest BCUT2D eigenvalue weighted by Crippen LogP contribution is -2.41. The predicted molar refractivity (Wildman–Crippen MR) is 89.3 cm³/mol. The van der Waals surface area contributed by atoms with Crippen molar-refractivity contribution in [3.8, 4) is 0 Å². The minimum Gasteiger partial charge on any atom is -0.400 e. The Morgan fingerprint density at radius 3 is 2.29 bits per heavy atom. The van der Waals surface area contributed by atoms with Crippen molar-refractivity contribution >= 4 is 24.8 Å². The third-order valence-corrected chi connectivity index (χ3v) is 4.72. The molecule has 1 aromatic carbocycles. The third-order valence-electron chi connectivity index (χ3n) is 4.39. The van der Waals surface area contributed by atoms with Gasteiger partial charge in [-0.3, -0.25) is 0 Å². The van der Waals surface area contributed by atoms with Gasteiger partial charge in [0, 0.05) is 11.6 Å². The molecule has 1 aliphatic heterocycles. The Morgan fingerprint density at radius 1 is 1.24 bits per heavy atom. The first kappa shape index (κ1) is 16.6. The number of benzene rings is 1. The Balaban J connectivity index is 2.36. The summed E-state index contributed by atoms with van der Waals surface area (Å²) in [7, 11) is -0.435. The van der Waals surface area contributed by atoms with E-state index in [1.165, 1.54) is 0 Å².